The number of fused-ring (bicyclic) bond motifs is 1. The summed E-state index contributed by atoms with van der Waals surface area (Å²) in [6, 6.07) is 8.95. The predicted octanol–water partition coefficient (Wildman–Crippen LogP) is 4.80. The van der Waals surface area contributed by atoms with Crippen LogP contribution in [0.2, 0.25) is 5.02 Å². The fourth-order valence-corrected chi connectivity index (χ4v) is 3.50. The largest absolute Gasteiger partial charge is 0.505 e. The van der Waals surface area contributed by atoms with Crippen molar-refractivity contribution in [3.8, 4) is 5.75 Å². The molecule has 3 aromatic rings. The van der Waals surface area contributed by atoms with Crippen LogP contribution in [0.25, 0.3) is 10.9 Å². The second-order valence-corrected chi connectivity index (χ2v) is 6.85. The quantitative estimate of drug-likeness (QED) is 0.635. The molecule has 5 nitrogen and oxygen atoms in total. The van der Waals surface area contributed by atoms with E-state index in [1.54, 1.807) is 45.0 Å². The van der Waals surface area contributed by atoms with Crippen LogP contribution in [0.15, 0.2) is 36.4 Å². The van der Waals surface area contributed by atoms with E-state index in [2.05, 4.69) is 0 Å². The molecule has 3 rings (SSSR count). The lowest BCUT2D eigenvalue weighted by atomic mass is 9.97. The van der Waals surface area contributed by atoms with Crippen molar-refractivity contribution >= 4 is 34.4 Å². The minimum absolute atomic E-state index is 0.0281. The number of carbonyl (C=O) groups excluding carboxylic acids is 2. The van der Waals surface area contributed by atoms with Crippen molar-refractivity contribution in [3.05, 3.63) is 64.1 Å². The van der Waals surface area contributed by atoms with Gasteiger partial charge in [0, 0.05) is 21.7 Å². The number of aromatic hydroxyl groups is 1. The van der Waals surface area contributed by atoms with Crippen LogP contribution in [0, 0.1) is 12.7 Å². The number of rotatable bonds is 4. The van der Waals surface area contributed by atoms with E-state index in [0.29, 0.717) is 21.8 Å². The van der Waals surface area contributed by atoms with Gasteiger partial charge in [-0.1, -0.05) is 11.6 Å². The molecule has 1 aromatic heterocycles. The number of ether oxygens (including phenoxy) is 1. The normalized spacial score (nSPS) is 12.2. The SMILES string of the molecule is CCOC(=O)[C@@H](C)c1c(C)n(C(=O)c2ccc(Cl)cc2)c2ccc(O)c(F)c12. The van der Waals surface area contributed by atoms with Crippen LogP contribution < -0.4 is 0 Å². The number of hydrogen-bond donors (Lipinski definition) is 1. The van der Waals surface area contributed by atoms with Crippen molar-refractivity contribution in [2.24, 2.45) is 0 Å². The average Bonchev–Trinajstić information content (AvgIpc) is 2.97. The van der Waals surface area contributed by atoms with E-state index in [1.165, 1.54) is 16.7 Å². The third kappa shape index (κ3) is 3.24. The van der Waals surface area contributed by atoms with Crippen molar-refractivity contribution in [1.82, 2.24) is 4.57 Å². The molecule has 7 heteroatoms. The fraction of sp³-hybridized carbons (Fsp3) is 0.238. The Bertz CT molecular complexity index is 1070. The maximum absolute atomic E-state index is 14.8. The first-order valence-corrected chi connectivity index (χ1v) is 9.15. The van der Waals surface area contributed by atoms with E-state index in [4.69, 9.17) is 16.3 Å². The number of nitrogens with zero attached hydrogens (tertiary/aromatic N) is 1. The Hall–Kier alpha value is -2.86. The van der Waals surface area contributed by atoms with Crippen LogP contribution in [0.5, 0.6) is 5.75 Å². The Kier molecular flexibility index (Phi) is 5.42. The summed E-state index contributed by atoms with van der Waals surface area (Å²) in [4.78, 5) is 25.4. The minimum Gasteiger partial charge on any atom is -0.505 e. The van der Waals surface area contributed by atoms with E-state index in [-0.39, 0.29) is 17.5 Å². The molecule has 0 saturated carbocycles. The van der Waals surface area contributed by atoms with Crippen molar-refractivity contribution in [3.63, 3.8) is 0 Å². The Morgan fingerprint density at radius 2 is 1.86 bits per heavy atom. The van der Waals surface area contributed by atoms with Gasteiger partial charge in [0.05, 0.1) is 18.0 Å². The molecule has 0 fully saturated rings. The molecule has 0 unspecified atom stereocenters. The first-order valence-electron chi connectivity index (χ1n) is 8.77. The summed E-state index contributed by atoms with van der Waals surface area (Å²) >= 11 is 5.89. The molecular weight excluding hydrogens is 385 g/mol. The van der Waals surface area contributed by atoms with Crippen LogP contribution in [0.4, 0.5) is 4.39 Å². The zero-order valence-electron chi connectivity index (χ0n) is 15.6. The van der Waals surface area contributed by atoms with Gasteiger partial charge in [0.2, 0.25) is 0 Å². The molecule has 0 aliphatic heterocycles. The number of aromatic nitrogens is 1. The maximum Gasteiger partial charge on any atom is 0.313 e. The number of carbonyl (C=O) groups is 2. The second-order valence-electron chi connectivity index (χ2n) is 6.41. The van der Waals surface area contributed by atoms with Crippen molar-refractivity contribution < 1.29 is 23.8 Å². The maximum atomic E-state index is 14.8. The van der Waals surface area contributed by atoms with Gasteiger partial charge in [-0.2, -0.15) is 0 Å². The summed E-state index contributed by atoms with van der Waals surface area (Å²) in [6.07, 6.45) is 0. The topological polar surface area (TPSA) is 68.5 Å². The number of phenols is 1. The molecule has 0 amide bonds. The lowest BCUT2D eigenvalue weighted by Gasteiger charge is -2.12. The second kappa shape index (κ2) is 7.64. The fourth-order valence-electron chi connectivity index (χ4n) is 3.38. The highest BCUT2D eigenvalue weighted by atomic mass is 35.5. The summed E-state index contributed by atoms with van der Waals surface area (Å²) in [5.41, 5.74) is 1.33. The van der Waals surface area contributed by atoms with E-state index in [9.17, 15) is 19.1 Å². The Morgan fingerprint density at radius 1 is 1.21 bits per heavy atom. The monoisotopic (exact) mass is 403 g/mol. The number of halogens is 2. The predicted molar refractivity (Wildman–Crippen MR) is 105 cm³/mol. The standard InChI is InChI=1S/C21H19ClFNO4/c1-4-28-21(27)11(2)17-12(3)24(15-9-10-16(25)19(23)18(15)17)20(26)13-5-7-14(22)8-6-13/h5-11,25H,4H2,1-3H3/t11-/m0/s1. The highest BCUT2D eigenvalue weighted by Crippen LogP contribution is 2.37. The minimum atomic E-state index is -0.880. The van der Waals surface area contributed by atoms with Crippen LogP contribution >= 0.6 is 11.6 Å². The summed E-state index contributed by atoms with van der Waals surface area (Å²) in [7, 11) is 0. The van der Waals surface area contributed by atoms with Gasteiger partial charge in [0.25, 0.3) is 5.91 Å². The van der Waals surface area contributed by atoms with Gasteiger partial charge >= 0.3 is 5.97 Å². The molecule has 0 saturated heterocycles. The zero-order chi connectivity index (χ0) is 20.6. The summed E-state index contributed by atoms with van der Waals surface area (Å²) < 4.78 is 21.2. The van der Waals surface area contributed by atoms with Gasteiger partial charge in [-0.3, -0.25) is 14.2 Å². The van der Waals surface area contributed by atoms with Gasteiger partial charge in [-0.15, -0.1) is 0 Å². The van der Waals surface area contributed by atoms with Crippen LogP contribution in [0.3, 0.4) is 0 Å². The zero-order valence-corrected chi connectivity index (χ0v) is 16.4. The highest BCUT2D eigenvalue weighted by Gasteiger charge is 2.30. The van der Waals surface area contributed by atoms with E-state index in [0.717, 1.165) is 0 Å². The highest BCUT2D eigenvalue weighted by molar-refractivity contribution is 6.30. The van der Waals surface area contributed by atoms with Gasteiger partial charge in [0.15, 0.2) is 11.6 Å². The first kappa shape index (κ1) is 19.9. The molecule has 0 bridgehead atoms. The number of esters is 1. The van der Waals surface area contributed by atoms with E-state index >= 15 is 0 Å². The third-order valence-corrected chi connectivity index (χ3v) is 4.95. The lowest BCUT2D eigenvalue weighted by molar-refractivity contribution is -0.144. The van der Waals surface area contributed by atoms with Gasteiger partial charge in [-0.05, 0) is 62.7 Å². The van der Waals surface area contributed by atoms with Gasteiger partial charge in [-0.25, -0.2) is 4.39 Å². The number of phenolic OH excluding ortho intramolecular Hbond substituents is 1. The average molecular weight is 404 g/mol. The van der Waals surface area contributed by atoms with Crippen molar-refractivity contribution in [2.45, 2.75) is 26.7 Å². The number of benzene rings is 2. The van der Waals surface area contributed by atoms with Gasteiger partial charge in [0.1, 0.15) is 0 Å². The lowest BCUT2D eigenvalue weighted by Crippen LogP contribution is -2.16. The molecule has 28 heavy (non-hydrogen) atoms. The summed E-state index contributed by atoms with van der Waals surface area (Å²) in [6.45, 7) is 5.07. The molecular formula is C21H19ClFNO4. The van der Waals surface area contributed by atoms with Crippen LogP contribution in [-0.2, 0) is 9.53 Å². The molecule has 0 aliphatic carbocycles. The Morgan fingerprint density at radius 3 is 2.46 bits per heavy atom. The molecule has 2 aromatic carbocycles. The number of hydrogen-bond acceptors (Lipinski definition) is 4. The molecule has 146 valence electrons. The third-order valence-electron chi connectivity index (χ3n) is 4.70. The summed E-state index contributed by atoms with van der Waals surface area (Å²) in [5.74, 6) is -3.19. The van der Waals surface area contributed by atoms with Crippen molar-refractivity contribution in [1.29, 1.82) is 0 Å². The Labute approximate surface area is 166 Å². The van der Waals surface area contributed by atoms with Crippen LogP contribution in [-0.4, -0.2) is 28.2 Å². The molecule has 0 aliphatic rings. The molecule has 1 atom stereocenters. The van der Waals surface area contributed by atoms with Gasteiger partial charge < -0.3 is 9.84 Å². The summed E-state index contributed by atoms with van der Waals surface area (Å²) in [5, 5.41) is 10.4. The van der Waals surface area contributed by atoms with E-state index in [1.807, 2.05) is 0 Å². The van der Waals surface area contributed by atoms with Crippen molar-refractivity contribution in [2.75, 3.05) is 6.61 Å². The first-order chi connectivity index (χ1) is 13.3. The molecule has 1 heterocycles. The van der Waals surface area contributed by atoms with E-state index < -0.39 is 29.4 Å². The molecule has 0 radical (unpaired) electrons. The smallest absolute Gasteiger partial charge is 0.313 e. The Balaban J connectivity index is 2.28. The molecule has 1 N–H and O–H groups in total. The van der Waals surface area contributed by atoms with Crippen LogP contribution in [0.1, 0.15) is 41.4 Å². The molecule has 0 spiro atoms.